The Morgan fingerprint density at radius 2 is 1.93 bits per heavy atom. The molecule has 2 aliphatic heterocycles. The topological polar surface area (TPSA) is 81.2 Å². The Morgan fingerprint density at radius 3 is 2.63 bits per heavy atom. The fraction of sp³-hybridized carbons (Fsp3) is 0.682. The van der Waals surface area contributed by atoms with E-state index in [0.29, 0.717) is 19.5 Å². The van der Waals surface area contributed by atoms with Crippen LogP contribution in [0.25, 0.3) is 0 Å². The van der Waals surface area contributed by atoms with Crippen LogP contribution in [0, 0.1) is 11.8 Å². The predicted molar refractivity (Wildman–Crippen MR) is 116 cm³/mol. The van der Waals surface area contributed by atoms with Crippen LogP contribution in [0.2, 0.25) is 0 Å². The van der Waals surface area contributed by atoms with E-state index in [-0.39, 0.29) is 30.1 Å². The summed E-state index contributed by atoms with van der Waals surface area (Å²) in [6.07, 6.45) is 3.22. The molecule has 2 saturated heterocycles. The van der Waals surface area contributed by atoms with Gasteiger partial charge in [0.2, 0.25) is 11.8 Å². The summed E-state index contributed by atoms with van der Waals surface area (Å²) in [7, 11) is 0. The normalized spacial score (nSPS) is 23.2. The monoisotopic (exact) mass is 435 g/mol. The number of hydrogen-bond donors (Lipinski definition) is 1. The molecule has 1 aromatic heterocycles. The van der Waals surface area contributed by atoms with Crippen LogP contribution in [0.15, 0.2) is 17.5 Å². The second-order valence-electron chi connectivity index (χ2n) is 8.49. The third-order valence-corrected chi connectivity index (χ3v) is 7.31. The average Bonchev–Trinajstić information content (AvgIpc) is 3.09. The minimum atomic E-state index is -0.754. The average molecular weight is 436 g/mol. The predicted octanol–water partition coefficient (Wildman–Crippen LogP) is 2.17. The summed E-state index contributed by atoms with van der Waals surface area (Å²) in [5, 5.41) is 11.3. The van der Waals surface area contributed by atoms with Gasteiger partial charge in [0.25, 0.3) is 0 Å². The number of likely N-dealkylation sites (tertiary alicyclic amines) is 1. The lowest BCUT2D eigenvalue weighted by atomic mass is 9.81. The quantitative estimate of drug-likeness (QED) is 0.710. The molecular formula is C22H33N3O4S. The fourth-order valence-electron chi connectivity index (χ4n) is 4.66. The van der Waals surface area contributed by atoms with Gasteiger partial charge in [0, 0.05) is 50.9 Å². The number of thiophene rings is 1. The summed E-state index contributed by atoms with van der Waals surface area (Å²) in [5.74, 6) is -0.160. The molecule has 3 rings (SSSR count). The number of carbonyl (C=O) groups excluding carboxylic acids is 2. The third-order valence-electron chi connectivity index (χ3n) is 6.44. The fourth-order valence-corrected chi connectivity index (χ4v) is 5.36. The van der Waals surface area contributed by atoms with Crippen molar-refractivity contribution in [1.29, 1.82) is 0 Å². The van der Waals surface area contributed by atoms with Crippen LogP contribution in [0.1, 0.15) is 37.5 Å². The van der Waals surface area contributed by atoms with Crippen molar-refractivity contribution in [1.82, 2.24) is 14.7 Å². The van der Waals surface area contributed by atoms with E-state index in [1.54, 1.807) is 18.3 Å². The maximum Gasteiger partial charge on any atom is 0.303 e. The molecular weight excluding hydrogens is 402 g/mol. The molecule has 1 N–H and O–H groups in total. The van der Waals surface area contributed by atoms with E-state index in [2.05, 4.69) is 4.90 Å². The van der Waals surface area contributed by atoms with Crippen molar-refractivity contribution in [3.63, 3.8) is 0 Å². The molecule has 1 aromatic rings. The highest BCUT2D eigenvalue weighted by atomic mass is 32.1. The molecule has 30 heavy (non-hydrogen) atoms. The lowest BCUT2D eigenvalue weighted by Crippen LogP contribution is -2.46. The first kappa shape index (κ1) is 22.7. The van der Waals surface area contributed by atoms with E-state index in [9.17, 15) is 19.5 Å². The van der Waals surface area contributed by atoms with Gasteiger partial charge in [0.05, 0.1) is 6.42 Å². The van der Waals surface area contributed by atoms with E-state index in [4.69, 9.17) is 0 Å². The number of rotatable bonds is 7. The Bertz CT molecular complexity index is 724. The van der Waals surface area contributed by atoms with Gasteiger partial charge in [-0.2, -0.15) is 0 Å². The minimum Gasteiger partial charge on any atom is -0.481 e. The summed E-state index contributed by atoms with van der Waals surface area (Å²) in [6, 6.07) is 3.95. The highest BCUT2D eigenvalue weighted by Gasteiger charge is 2.33. The number of carboxylic acids is 1. The summed E-state index contributed by atoms with van der Waals surface area (Å²) < 4.78 is 0. The summed E-state index contributed by atoms with van der Waals surface area (Å²) in [6.45, 7) is 7.19. The number of piperidine rings is 1. The maximum absolute atomic E-state index is 12.8. The molecule has 2 unspecified atom stereocenters. The molecule has 0 saturated carbocycles. The van der Waals surface area contributed by atoms with Crippen LogP contribution in [-0.2, 0) is 20.8 Å². The lowest BCUT2D eigenvalue weighted by molar-refractivity contribution is -0.140. The molecule has 0 bridgehead atoms. The molecule has 0 aromatic carbocycles. The molecule has 2 fully saturated rings. The third kappa shape index (κ3) is 6.54. The van der Waals surface area contributed by atoms with Crippen molar-refractivity contribution in [2.75, 3.05) is 45.8 Å². The zero-order valence-electron chi connectivity index (χ0n) is 17.8. The molecule has 166 valence electrons. The van der Waals surface area contributed by atoms with Crippen LogP contribution in [0.5, 0.6) is 0 Å². The molecule has 0 radical (unpaired) electrons. The van der Waals surface area contributed by atoms with Crippen LogP contribution in [-0.4, -0.2) is 83.4 Å². The van der Waals surface area contributed by atoms with Gasteiger partial charge < -0.3 is 19.8 Å². The van der Waals surface area contributed by atoms with Gasteiger partial charge in [-0.3, -0.25) is 14.4 Å². The second kappa shape index (κ2) is 10.9. The van der Waals surface area contributed by atoms with Crippen molar-refractivity contribution in [2.45, 2.75) is 39.0 Å². The van der Waals surface area contributed by atoms with E-state index >= 15 is 0 Å². The van der Waals surface area contributed by atoms with Gasteiger partial charge in [-0.15, -0.1) is 11.3 Å². The SMILES string of the molecule is CC(=O)N1CCCN(CCC2CN(C(=O)Cc3cccs3)CCC2CC(=O)O)CC1. The van der Waals surface area contributed by atoms with Gasteiger partial charge in [0.15, 0.2) is 0 Å². The van der Waals surface area contributed by atoms with Crippen molar-refractivity contribution in [3.05, 3.63) is 22.4 Å². The van der Waals surface area contributed by atoms with Crippen LogP contribution < -0.4 is 0 Å². The number of aliphatic carboxylic acids is 1. The Hall–Kier alpha value is -1.93. The summed E-state index contributed by atoms with van der Waals surface area (Å²) >= 11 is 1.60. The van der Waals surface area contributed by atoms with E-state index in [1.165, 1.54) is 0 Å². The first-order chi connectivity index (χ1) is 14.4. The summed E-state index contributed by atoms with van der Waals surface area (Å²) in [4.78, 5) is 43.1. The Balaban J connectivity index is 1.56. The molecule has 0 spiro atoms. The number of hydrogen-bond acceptors (Lipinski definition) is 5. The first-order valence-electron chi connectivity index (χ1n) is 10.9. The highest BCUT2D eigenvalue weighted by molar-refractivity contribution is 7.10. The lowest BCUT2D eigenvalue weighted by Gasteiger charge is -2.39. The standard InChI is InChI=1S/C22H33N3O4S/c1-17(26)24-8-3-7-23(11-12-24)9-5-19-16-25(10-6-18(19)14-22(28)29)21(27)15-20-4-2-13-30-20/h2,4,13,18-19H,3,5-12,14-16H2,1H3,(H,28,29). The Kier molecular flexibility index (Phi) is 8.27. The molecule has 2 aliphatic rings. The molecule has 7 nitrogen and oxygen atoms in total. The van der Waals surface area contributed by atoms with E-state index in [1.807, 2.05) is 27.3 Å². The minimum absolute atomic E-state index is 0.119. The van der Waals surface area contributed by atoms with E-state index in [0.717, 1.165) is 56.9 Å². The Labute approximate surface area is 182 Å². The van der Waals surface area contributed by atoms with Gasteiger partial charge in [-0.25, -0.2) is 0 Å². The van der Waals surface area contributed by atoms with Crippen molar-refractivity contribution in [2.24, 2.45) is 11.8 Å². The molecule has 3 heterocycles. The highest BCUT2D eigenvalue weighted by Crippen LogP contribution is 2.30. The molecule has 2 atom stereocenters. The maximum atomic E-state index is 12.8. The first-order valence-corrected chi connectivity index (χ1v) is 11.8. The smallest absolute Gasteiger partial charge is 0.303 e. The number of amides is 2. The van der Waals surface area contributed by atoms with Gasteiger partial charge >= 0.3 is 5.97 Å². The number of carboxylic acid groups (broad SMARTS) is 1. The van der Waals surface area contributed by atoms with Crippen molar-refractivity contribution < 1.29 is 19.5 Å². The molecule has 0 aliphatic carbocycles. The zero-order valence-corrected chi connectivity index (χ0v) is 18.6. The van der Waals surface area contributed by atoms with E-state index < -0.39 is 5.97 Å². The number of carbonyl (C=O) groups is 3. The molecule has 8 heteroatoms. The van der Waals surface area contributed by atoms with Crippen LogP contribution >= 0.6 is 11.3 Å². The van der Waals surface area contributed by atoms with Crippen molar-refractivity contribution in [3.8, 4) is 0 Å². The van der Waals surface area contributed by atoms with Crippen molar-refractivity contribution >= 4 is 29.1 Å². The second-order valence-corrected chi connectivity index (χ2v) is 9.52. The van der Waals surface area contributed by atoms with Gasteiger partial charge in [-0.1, -0.05) is 6.07 Å². The Morgan fingerprint density at radius 1 is 1.10 bits per heavy atom. The van der Waals surface area contributed by atoms with Crippen LogP contribution in [0.3, 0.4) is 0 Å². The zero-order chi connectivity index (χ0) is 21.5. The molecule has 2 amide bonds. The van der Waals surface area contributed by atoms with Gasteiger partial charge in [-0.05, 0) is 55.6 Å². The summed E-state index contributed by atoms with van der Waals surface area (Å²) in [5.41, 5.74) is 0. The van der Waals surface area contributed by atoms with Crippen LogP contribution in [0.4, 0.5) is 0 Å². The van der Waals surface area contributed by atoms with Gasteiger partial charge in [0.1, 0.15) is 0 Å². The largest absolute Gasteiger partial charge is 0.481 e. The number of nitrogens with zero attached hydrogens (tertiary/aromatic N) is 3.